The summed E-state index contributed by atoms with van der Waals surface area (Å²) in [5.74, 6) is 1.46. The first-order valence-corrected chi connectivity index (χ1v) is 7.16. The molecule has 1 aromatic carbocycles. The van der Waals surface area contributed by atoms with E-state index in [4.69, 9.17) is 15.2 Å². The second-order valence-electron chi connectivity index (χ2n) is 6.08. The normalized spacial score (nSPS) is 34.1. The number of hydrogen-bond donors (Lipinski definition) is 1. The average molecular weight is 261 g/mol. The predicted molar refractivity (Wildman–Crippen MR) is 75.6 cm³/mol. The van der Waals surface area contributed by atoms with Gasteiger partial charge in [0.1, 0.15) is 5.75 Å². The number of ether oxygens (including phenoxy) is 2. The Bertz CT molecular complexity index is 474. The molecule has 19 heavy (non-hydrogen) atoms. The summed E-state index contributed by atoms with van der Waals surface area (Å²) in [6.07, 6.45) is 3.13. The maximum Gasteiger partial charge on any atom is 0.119 e. The molecule has 1 fully saturated rings. The molecule has 1 aromatic rings. The topological polar surface area (TPSA) is 44.5 Å². The Kier molecular flexibility index (Phi) is 3.27. The van der Waals surface area contributed by atoms with Crippen molar-refractivity contribution in [3.8, 4) is 5.75 Å². The van der Waals surface area contributed by atoms with Crippen LogP contribution in [0.25, 0.3) is 0 Å². The van der Waals surface area contributed by atoms with Crippen molar-refractivity contribution in [3.05, 3.63) is 29.3 Å². The highest BCUT2D eigenvalue weighted by Crippen LogP contribution is 2.44. The van der Waals surface area contributed by atoms with Crippen LogP contribution in [-0.4, -0.2) is 26.4 Å². The van der Waals surface area contributed by atoms with Gasteiger partial charge in [-0.15, -0.1) is 0 Å². The predicted octanol–water partition coefficient (Wildman–Crippen LogP) is 2.26. The van der Waals surface area contributed by atoms with E-state index >= 15 is 0 Å². The minimum absolute atomic E-state index is 0.00715. The van der Waals surface area contributed by atoms with E-state index in [-0.39, 0.29) is 11.5 Å². The van der Waals surface area contributed by atoms with E-state index in [1.807, 2.05) is 0 Å². The zero-order valence-corrected chi connectivity index (χ0v) is 11.8. The van der Waals surface area contributed by atoms with Gasteiger partial charge in [-0.25, -0.2) is 0 Å². The van der Waals surface area contributed by atoms with Crippen LogP contribution >= 0.6 is 0 Å². The average Bonchev–Trinajstić information content (AvgIpc) is 2.43. The molecule has 104 valence electrons. The van der Waals surface area contributed by atoms with E-state index in [1.165, 1.54) is 11.1 Å². The summed E-state index contributed by atoms with van der Waals surface area (Å²) < 4.78 is 11.1. The number of rotatable bonds is 1. The lowest BCUT2D eigenvalue weighted by Crippen LogP contribution is -2.53. The van der Waals surface area contributed by atoms with Crippen LogP contribution in [0.15, 0.2) is 18.2 Å². The summed E-state index contributed by atoms with van der Waals surface area (Å²) >= 11 is 0. The van der Waals surface area contributed by atoms with Gasteiger partial charge in [0.05, 0.1) is 7.11 Å². The molecule has 3 atom stereocenters. The fourth-order valence-corrected chi connectivity index (χ4v) is 3.71. The molecule has 2 N–H and O–H groups in total. The molecule has 0 amide bonds. The van der Waals surface area contributed by atoms with Gasteiger partial charge in [0.25, 0.3) is 0 Å². The SMILES string of the molecule is COc1ccc2c(c1)C1(C)CCOCCC(C2)C1N. The molecule has 1 saturated heterocycles. The van der Waals surface area contributed by atoms with Gasteiger partial charge < -0.3 is 15.2 Å². The number of hydrogen-bond acceptors (Lipinski definition) is 3. The molecule has 0 aromatic heterocycles. The Morgan fingerprint density at radius 2 is 2.21 bits per heavy atom. The van der Waals surface area contributed by atoms with E-state index in [1.54, 1.807) is 7.11 Å². The molecule has 0 radical (unpaired) electrons. The molecule has 1 heterocycles. The molecule has 3 nitrogen and oxygen atoms in total. The van der Waals surface area contributed by atoms with Crippen LogP contribution in [0.3, 0.4) is 0 Å². The highest BCUT2D eigenvalue weighted by Gasteiger charge is 2.44. The number of methoxy groups -OCH3 is 1. The molecule has 3 rings (SSSR count). The first-order chi connectivity index (χ1) is 9.15. The van der Waals surface area contributed by atoms with Gasteiger partial charge in [0, 0.05) is 24.7 Å². The molecule has 2 bridgehead atoms. The third-order valence-electron chi connectivity index (χ3n) is 5.06. The van der Waals surface area contributed by atoms with E-state index in [0.717, 1.165) is 38.2 Å². The van der Waals surface area contributed by atoms with Crippen LogP contribution in [0.1, 0.15) is 30.9 Å². The number of nitrogens with two attached hydrogens (primary N) is 1. The van der Waals surface area contributed by atoms with Crippen LogP contribution in [-0.2, 0) is 16.6 Å². The van der Waals surface area contributed by atoms with Gasteiger partial charge in [0.15, 0.2) is 0 Å². The molecule has 3 heteroatoms. The smallest absolute Gasteiger partial charge is 0.119 e. The molecular formula is C16H23NO2. The summed E-state index contributed by atoms with van der Waals surface area (Å²) in [6.45, 7) is 3.93. The Hall–Kier alpha value is -1.06. The second-order valence-corrected chi connectivity index (χ2v) is 6.08. The minimum Gasteiger partial charge on any atom is -0.497 e. The maximum atomic E-state index is 6.60. The highest BCUT2D eigenvalue weighted by molar-refractivity contribution is 5.44. The summed E-state index contributed by atoms with van der Waals surface area (Å²) in [6, 6.07) is 6.67. The maximum absolute atomic E-state index is 6.60. The molecule has 1 aliphatic heterocycles. The van der Waals surface area contributed by atoms with Gasteiger partial charge in [-0.3, -0.25) is 0 Å². The van der Waals surface area contributed by atoms with Gasteiger partial charge in [-0.1, -0.05) is 13.0 Å². The zero-order chi connectivity index (χ0) is 13.5. The van der Waals surface area contributed by atoms with Gasteiger partial charge in [-0.2, -0.15) is 0 Å². The van der Waals surface area contributed by atoms with E-state index < -0.39 is 0 Å². The molecule has 0 saturated carbocycles. The quantitative estimate of drug-likeness (QED) is 0.843. The standard InChI is InChI=1S/C16H23NO2/c1-16-6-8-19-7-5-12(15(16)17)9-11-3-4-13(18-2)10-14(11)16/h3-4,10,12,15H,5-9,17H2,1-2H3. The van der Waals surface area contributed by atoms with Crippen molar-refractivity contribution in [1.29, 1.82) is 0 Å². The lowest BCUT2D eigenvalue weighted by molar-refractivity contribution is 0.0575. The van der Waals surface area contributed by atoms with Gasteiger partial charge >= 0.3 is 0 Å². The van der Waals surface area contributed by atoms with E-state index in [2.05, 4.69) is 25.1 Å². The molecule has 0 spiro atoms. The van der Waals surface area contributed by atoms with Crippen molar-refractivity contribution < 1.29 is 9.47 Å². The van der Waals surface area contributed by atoms with Crippen LogP contribution in [0.5, 0.6) is 5.75 Å². The molecular weight excluding hydrogens is 238 g/mol. The van der Waals surface area contributed by atoms with Crippen LogP contribution < -0.4 is 10.5 Å². The van der Waals surface area contributed by atoms with Crippen LogP contribution in [0.2, 0.25) is 0 Å². The molecule has 1 aliphatic carbocycles. The van der Waals surface area contributed by atoms with E-state index in [0.29, 0.717) is 5.92 Å². The summed E-state index contributed by atoms with van der Waals surface area (Å²) in [5.41, 5.74) is 9.41. The third kappa shape index (κ3) is 2.05. The number of fused-ring (bicyclic) bond motifs is 4. The number of benzene rings is 1. The Morgan fingerprint density at radius 3 is 3.00 bits per heavy atom. The van der Waals surface area contributed by atoms with Crippen molar-refractivity contribution in [2.45, 2.75) is 37.6 Å². The van der Waals surface area contributed by atoms with Crippen molar-refractivity contribution in [3.63, 3.8) is 0 Å². The first kappa shape index (κ1) is 12.9. The zero-order valence-electron chi connectivity index (χ0n) is 11.8. The fourth-order valence-electron chi connectivity index (χ4n) is 3.71. The Balaban J connectivity index is 2.09. The summed E-state index contributed by atoms with van der Waals surface area (Å²) in [4.78, 5) is 0. The van der Waals surface area contributed by atoms with Crippen molar-refractivity contribution in [1.82, 2.24) is 0 Å². The minimum atomic E-state index is 0.00715. The Morgan fingerprint density at radius 1 is 1.37 bits per heavy atom. The molecule has 2 aliphatic rings. The lowest BCUT2D eigenvalue weighted by Gasteiger charge is -2.47. The summed E-state index contributed by atoms with van der Waals surface area (Å²) in [5, 5.41) is 0. The van der Waals surface area contributed by atoms with Gasteiger partial charge in [0.2, 0.25) is 0 Å². The lowest BCUT2D eigenvalue weighted by atomic mass is 9.61. The monoisotopic (exact) mass is 261 g/mol. The first-order valence-electron chi connectivity index (χ1n) is 7.16. The highest BCUT2D eigenvalue weighted by atomic mass is 16.5. The van der Waals surface area contributed by atoms with Crippen LogP contribution in [0.4, 0.5) is 0 Å². The second kappa shape index (κ2) is 4.80. The van der Waals surface area contributed by atoms with Crippen molar-refractivity contribution >= 4 is 0 Å². The largest absolute Gasteiger partial charge is 0.497 e. The fraction of sp³-hybridized carbons (Fsp3) is 0.625. The Labute approximate surface area is 115 Å². The van der Waals surface area contributed by atoms with Crippen molar-refractivity contribution in [2.75, 3.05) is 20.3 Å². The van der Waals surface area contributed by atoms with Gasteiger partial charge in [-0.05, 0) is 48.4 Å². The third-order valence-corrected chi connectivity index (χ3v) is 5.06. The summed E-state index contributed by atoms with van der Waals surface area (Å²) in [7, 11) is 1.72. The van der Waals surface area contributed by atoms with Crippen molar-refractivity contribution in [2.24, 2.45) is 11.7 Å². The van der Waals surface area contributed by atoms with E-state index in [9.17, 15) is 0 Å². The molecule has 3 unspecified atom stereocenters. The van der Waals surface area contributed by atoms with Crippen LogP contribution in [0, 0.1) is 5.92 Å².